The van der Waals surface area contributed by atoms with Gasteiger partial charge in [0.15, 0.2) is 21.4 Å². The number of hydrogen-bond acceptors (Lipinski definition) is 13. The van der Waals surface area contributed by atoms with Crippen molar-refractivity contribution in [3.63, 3.8) is 0 Å². The first-order valence-electron chi connectivity index (χ1n) is 23.1. The molecule has 0 fully saturated rings. The molecule has 2 aromatic heterocycles. The number of likely N-dealkylation sites (N-methyl/N-ethyl adjacent to an activating group) is 1. The summed E-state index contributed by atoms with van der Waals surface area (Å²) in [6.45, 7) is 24.0. The fourth-order valence-corrected chi connectivity index (χ4v) is 14.3. The number of aryl methyl sites for hydroxylation is 1. The number of sulfone groups is 1. The summed E-state index contributed by atoms with van der Waals surface area (Å²) in [6, 6.07) is 6.15. The molecule has 1 aromatic carbocycles. The number of anilines is 3. The van der Waals surface area contributed by atoms with Gasteiger partial charge < -0.3 is 35.9 Å². The molecule has 0 aliphatic carbocycles. The number of benzene rings is 1. The first-order chi connectivity index (χ1) is 31.0. The summed E-state index contributed by atoms with van der Waals surface area (Å²) in [4.78, 5) is 60.4. The van der Waals surface area contributed by atoms with Crippen molar-refractivity contribution in [1.29, 1.82) is 0 Å². The molecule has 19 heteroatoms. The lowest BCUT2D eigenvalue weighted by molar-refractivity contribution is -0.163. The Bertz CT molecular complexity index is 2560. The van der Waals surface area contributed by atoms with Crippen molar-refractivity contribution in [2.24, 2.45) is 0 Å². The lowest BCUT2D eigenvalue weighted by Crippen LogP contribution is -2.57. The zero-order valence-electron chi connectivity index (χ0n) is 40.2. The number of H-pyrrole nitrogens is 1. The molecule has 0 saturated carbocycles. The number of nitrogens with one attached hydrogen (secondary N) is 6. The maximum absolute atomic E-state index is 14.2. The second kappa shape index (κ2) is 21.4. The molecule has 5 rings (SSSR count). The van der Waals surface area contributed by atoms with Crippen molar-refractivity contribution in [1.82, 2.24) is 19.9 Å². The number of Topliss-reactive ketones (excluding diaryl/α,β-unsaturated/α-hetero) is 2. The molecule has 0 spiro atoms. The van der Waals surface area contributed by atoms with Gasteiger partial charge in [-0.25, -0.2) is 16.8 Å². The molecule has 3 aromatic rings. The smallest absolute Gasteiger partial charge is 0.256 e. The van der Waals surface area contributed by atoms with Gasteiger partial charge in [0.1, 0.15) is 20.1 Å². The third-order valence-electron chi connectivity index (χ3n) is 13.2. The molecular weight excluding hydrogens is 903 g/mol. The Balaban J connectivity index is 1.24. The number of thiophene rings is 1. The Kier molecular flexibility index (Phi) is 17.1. The molecule has 2 amide bonds. The minimum Gasteiger partial charge on any atom is -0.382 e. The van der Waals surface area contributed by atoms with Gasteiger partial charge in [-0.05, 0) is 116 Å². The third-order valence-corrected chi connectivity index (χ3v) is 19.2. The van der Waals surface area contributed by atoms with Gasteiger partial charge in [-0.2, -0.15) is 4.72 Å². The van der Waals surface area contributed by atoms with Gasteiger partial charge in [-0.3, -0.25) is 19.2 Å². The Morgan fingerprint density at radius 2 is 1.71 bits per heavy atom. The number of aromatic nitrogens is 1. The van der Waals surface area contributed by atoms with E-state index in [0.29, 0.717) is 52.4 Å². The predicted octanol–water partition coefficient (Wildman–Crippen LogP) is 7.12. The van der Waals surface area contributed by atoms with E-state index in [4.69, 9.17) is 4.74 Å². The molecule has 66 heavy (non-hydrogen) atoms. The number of rotatable bonds is 24. The SMILES string of the molecule is CCN[C@H]1C[C@H](C)S(=O)(=O)c2sc(S(=O)(=O)NC(C)(CC)C(=O)[C@H](C)OC(CC)(CC)C(=O)CCC(=O)Nc3ccc4c(c3)/C(=C/c3[nH]c(C)c(NCCN(CC)CC)c3C)C(=O)N4)cc21. The molecule has 6 N–H and O–H groups in total. The van der Waals surface area contributed by atoms with Gasteiger partial charge in [0.2, 0.25) is 5.91 Å². The van der Waals surface area contributed by atoms with E-state index in [1.165, 1.54) is 19.9 Å². The Labute approximate surface area is 394 Å². The standard InChI is InChI=1S/C47H69N7O9S3/c1-12-46(11,53-66(61,62)41-27-35-38(48-15-4)24-28(7)65(59,60)45(35)64-41)43(57)31(10)63-47(13-2,14-3)39(55)20-21-40(56)51-32-18-19-36-33(25-32)34(44(58)52-36)26-37-29(8)42(30(9)50-37)49-22-23-54(16-5)17-6/h18-19,25-28,31,38,48-50,53H,12-17,20-24H2,1-11H3,(H,51,56)(H,52,58)/b34-26-/t28-,31-,38-,46?/m0/s1. The molecule has 4 heterocycles. The van der Waals surface area contributed by atoms with Crippen LogP contribution in [0.5, 0.6) is 0 Å². The molecular formula is C47H69N7O9S3. The quantitative estimate of drug-likeness (QED) is 0.0494. The molecule has 2 aliphatic rings. The highest BCUT2D eigenvalue weighted by Gasteiger charge is 2.46. The number of fused-ring (bicyclic) bond motifs is 2. The van der Waals surface area contributed by atoms with E-state index in [-0.39, 0.29) is 58.3 Å². The maximum Gasteiger partial charge on any atom is 0.256 e. The fourth-order valence-electron chi connectivity index (χ4n) is 8.83. The van der Waals surface area contributed by atoms with Gasteiger partial charge >= 0.3 is 0 Å². The van der Waals surface area contributed by atoms with Crippen molar-refractivity contribution in [3.05, 3.63) is 52.3 Å². The van der Waals surface area contributed by atoms with Crippen LogP contribution in [0.2, 0.25) is 0 Å². The average Bonchev–Trinajstić information content (AvgIpc) is 3.96. The zero-order valence-corrected chi connectivity index (χ0v) is 42.7. The van der Waals surface area contributed by atoms with Crippen LogP contribution in [0, 0.1) is 13.8 Å². The van der Waals surface area contributed by atoms with Crippen LogP contribution >= 0.6 is 11.3 Å². The first-order valence-corrected chi connectivity index (χ1v) is 26.9. The van der Waals surface area contributed by atoms with Crippen molar-refractivity contribution >= 4 is 83.3 Å². The molecule has 0 saturated heterocycles. The summed E-state index contributed by atoms with van der Waals surface area (Å²) in [5.41, 5.74) is 3.11. The Morgan fingerprint density at radius 1 is 1.03 bits per heavy atom. The number of nitrogens with zero attached hydrogens (tertiary/aromatic N) is 1. The van der Waals surface area contributed by atoms with Crippen LogP contribution in [-0.2, 0) is 43.8 Å². The van der Waals surface area contributed by atoms with Crippen LogP contribution in [-0.4, -0.2) is 105 Å². The number of amides is 2. The average molecular weight is 972 g/mol. The van der Waals surface area contributed by atoms with E-state index in [0.717, 1.165) is 48.8 Å². The van der Waals surface area contributed by atoms with Crippen molar-refractivity contribution in [3.8, 4) is 0 Å². The summed E-state index contributed by atoms with van der Waals surface area (Å²) in [5, 5.41) is 11.8. The van der Waals surface area contributed by atoms with E-state index in [9.17, 15) is 36.0 Å². The van der Waals surface area contributed by atoms with Gasteiger partial charge in [0.05, 0.1) is 22.0 Å². The first kappa shape index (κ1) is 52.7. The predicted molar refractivity (Wildman–Crippen MR) is 262 cm³/mol. The molecule has 364 valence electrons. The number of hydrogen-bond donors (Lipinski definition) is 6. The summed E-state index contributed by atoms with van der Waals surface area (Å²) in [5.74, 6) is -1.70. The van der Waals surface area contributed by atoms with Gasteiger partial charge in [-0.15, -0.1) is 11.3 Å². The van der Waals surface area contributed by atoms with Crippen molar-refractivity contribution < 1.29 is 40.8 Å². The summed E-state index contributed by atoms with van der Waals surface area (Å²) >= 11 is 0.672. The van der Waals surface area contributed by atoms with E-state index in [2.05, 4.69) is 49.7 Å². The van der Waals surface area contributed by atoms with Crippen LogP contribution in [0.1, 0.15) is 135 Å². The van der Waals surface area contributed by atoms with Crippen molar-refractivity contribution in [2.75, 3.05) is 48.7 Å². The third kappa shape index (κ3) is 11.0. The topological polar surface area (TPSA) is 225 Å². The normalized spacial score (nSPS) is 19.0. The summed E-state index contributed by atoms with van der Waals surface area (Å²) in [7, 11) is -8.15. The Hall–Kier alpha value is -4.24. The minimum absolute atomic E-state index is 0.00118. The van der Waals surface area contributed by atoms with Crippen molar-refractivity contribution in [2.45, 2.75) is 152 Å². The number of sulfonamides is 1. The van der Waals surface area contributed by atoms with Crippen LogP contribution in [0.25, 0.3) is 11.6 Å². The number of aromatic amines is 1. The molecule has 16 nitrogen and oxygen atoms in total. The van der Waals surface area contributed by atoms with Gasteiger partial charge in [0, 0.05) is 65.9 Å². The number of ether oxygens (including phenoxy) is 1. The molecule has 1 unspecified atom stereocenters. The van der Waals surface area contributed by atoms with Crippen LogP contribution < -0.4 is 26.0 Å². The fraction of sp³-hybridized carbons (Fsp3) is 0.574. The zero-order chi connectivity index (χ0) is 48.9. The number of ketones is 2. The lowest BCUT2D eigenvalue weighted by atomic mass is 9.87. The van der Waals surface area contributed by atoms with Gasteiger partial charge in [0.25, 0.3) is 15.9 Å². The minimum atomic E-state index is -4.40. The van der Waals surface area contributed by atoms with Crippen LogP contribution in [0.15, 0.2) is 32.7 Å². The largest absolute Gasteiger partial charge is 0.382 e. The Morgan fingerprint density at radius 3 is 2.33 bits per heavy atom. The molecule has 4 atom stereocenters. The second-order valence-electron chi connectivity index (χ2n) is 17.5. The highest BCUT2D eigenvalue weighted by atomic mass is 32.3. The van der Waals surface area contributed by atoms with E-state index in [1.807, 2.05) is 26.8 Å². The monoisotopic (exact) mass is 971 g/mol. The van der Waals surface area contributed by atoms with E-state index in [1.54, 1.807) is 45.9 Å². The molecule has 0 radical (unpaired) electrons. The number of carbonyl (C=O) groups excluding carboxylic acids is 4. The summed E-state index contributed by atoms with van der Waals surface area (Å²) < 4.78 is 62.9. The van der Waals surface area contributed by atoms with Crippen LogP contribution in [0.4, 0.5) is 17.1 Å². The molecule has 2 aliphatic heterocycles. The lowest BCUT2D eigenvalue weighted by Gasteiger charge is -2.36. The van der Waals surface area contributed by atoms with E-state index < -0.39 is 54.0 Å². The number of carbonyl (C=O) groups is 4. The van der Waals surface area contributed by atoms with E-state index >= 15 is 0 Å². The van der Waals surface area contributed by atoms with Gasteiger partial charge in [-0.1, -0.05) is 41.5 Å². The second-order valence-corrected chi connectivity index (χ2v) is 23.0. The highest BCUT2D eigenvalue weighted by Crippen LogP contribution is 2.43. The summed E-state index contributed by atoms with van der Waals surface area (Å²) in [6.07, 6.45) is 0.892. The van der Waals surface area contributed by atoms with Crippen LogP contribution in [0.3, 0.4) is 0 Å². The molecule has 0 bridgehead atoms. The highest BCUT2D eigenvalue weighted by molar-refractivity contribution is 7.95. The maximum atomic E-state index is 14.2.